The average Bonchev–Trinajstić information content (AvgIpc) is 2.92. The molecule has 2 aromatic rings. The zero-order chi connectivity index (χ0) is 13.7. The number of anilines is 1. The van der Waals surface area contributed by atoms with Crippen molar-refractivity contribution < 1.29 is 0 Å². The summed E-state index contributed by atoms with van der Waals surface area (Å²) in [5.41, 5.74) is 4.19. The number of para-hydroxylation sites is 1. The summed E-state index contributed by atoms with van der Waals surface area (Å²) in [6.45, 7) is 7.60. The lowest BCUT2D eigenvalue weighted by Crippen LogP contribution is -2.04. The smallest absolute Gasteiger partial charge is 0.0494 e. The first-order chi connectivity index (χ1) is 9.28. The van der Waals surface area contributed by atoms with Crippen LogP contribution in [0.5, 0.6) is 0 Å². The highest BCUT2D eigenvalue weighted by molar-refractivity contribution is 7.12. The largest absolute Gasteiger partial charge is 0.380 e. The minimum Gasteiger partial charge on any atom is -0.380 e. The quantitative estimate of drug-likeness (QED) is 0.777. The lowest BCUT2D eigenvalue weighted by molar-refractivity contribution is 1.06. The normalized spacial score (nSPS) is 10.7. The van der Waals surface area contributed by atoms with Crippen molar-refractivity contribution in [1.82, 2.24) is 0 Å². The number of aryl methyl sites for hydroxylation is 3. The number of nitrogens with one attached hydrogen (secondary N) is 1. The predicted molar refractivity (Wildman–Crippen MR) is 86.2 cm³/mol. The maximum atomic E-state index is 3.65. The molecule has 0 spiro atoms. The molecular formula is C17H23NS. The van der Waals surface area contributed by atoms with E-state index >= 15 is 0 Å². The van der Waals surface area contributed by atoms with Crippen molar-refractivity contribution in [2.75, 3.05) is 5.32 Å². The van der Waals surface area contributed by atoms with E-state index in [1.807, 2.05) is 11.3 Å². The monoisotopic (exact) mass is 273 g/mol. The average molecular weight is 273 g/mol. The molecule has 1 nitrogen and oxygen atoms in total. The highest BCUT2D eigenvalue weighted by Crippen LogP contribution is 2.24. The van der Waals surface area contributed by atoms with Crippen LogP contribution in [-0.2, 0) is 25.8 Å². The minimum atomic E-state index is 0.939. The Morgan fingerprint density at radius 3 is 2.00 bits per heavy atom. The first-order valence-corrected chi connectivity index (χ1v) is 8.02. The second kappa shape index (κ2) is 6.76. The molecule has 1 heterocycles. The molecule has 0 fully saturated rings. The summed E-state index contributed by atoms with van der Waals surface area (Å²) in [5.74, 6) is 0. The number of rotatable bonds is 6. The summed E-state index contributed by atoms with van der Waals surface area (Å²) < 4.78 is 0. The number of hydrogen-bond acceptors (Lipinski definition) is 2. The fourth-order valence-corrected chi connectivity index (χ4v) is 3.25. The van der Waals surface area contributed by atoms with E-state index in [2.05, 4.69) is 56.4 Å². The SMILES string of the molecule is CCc1ccc(CNc2c(CC)cccc2CC)s1. The van der Waals surface area contributed by atoms with Crippen LogP contribution < -0.4 is 5.32 Å². The molecule has 2 rings (SSSR count). The molecule has 0 aliphatic heterocycles. The Balaban J connectivity index is 2.13. The van der Waals surface area contributed by atoms with Gasteiger partial charge >= 0.3 is 0 Å². The van der Waals surface area contributed by atoms with Crippen molar-refractivity contribution >= 4 is 17.0 Å². The van der Waals surface area contributed by atoms with Crippen LogP contribution in [0.3, 0.4) is 0 Å². The summed E-state index contributed by atoms with van der Waals surface area (Å²) >= 11 is 1.92. The van der Waals surface area contributed by atoms with Gasteiger partial charge in [0.25, 0.3) is 0 Å². The van der Waals surface area contributed by atoms with E-state index in [9.17, 15) is 0 Å². The molecule has 19 heavy (non-hydrogen) atoms. The molecule has 1 aromatic heterocycles. The van der Waals surface area contributed by atoms with Gasteiger partial charge in [0, 0.05) is 22.0 Å². The molecule has 0 saturated carbocycles. The summed E-state index contributed by atoms with van der Waals surface area (Å²) in [5, 5.41) is 3.65. The van der Waals surface area contributed by atoms with Crippen molar-refractivity contribution in [3.05, 3.63) is 51.2 Å². The Hall–Kier alpha value is -1.28. The molecule has 0 bridgehead atoms. The van der Waals surface area contributed by atoms with Crippen molar-refractivity contribution in [2.24, 2.45) is 0 Å². The third kappa shape index (κ3) is 3.38. The maximum Gasteiger partial charge on any atom is 0.0494 e. The summed E-state index contributed by atoms with van der Waals surface area (Å²) in [6, 6.07) is 11.1. The Kier molecular flexibility index (Phi) is 5.03. The third-order valence-electron chi connectivity index (χ3n) is 3.50. The summed E-state index contributed by atoms with van der Waals surface area (Å²) in [7, 11) is 0. The van der Waals surface area contributed by atoms with Crippen molar-refractivity contribution in [2.45, 2.75) is 46.6 Å². The van der Waals surface area contributed by atoms with Crippen LogP contribution in [0.1, 0.15) is 41.7 Å². The molecule has 0 aliphatic rings. The van der Waals surface area contributed by atoms with Gasteiger partial charge in [-0.25, -0.2) is 0 Å². The molecular weight excluding hydrogens is 250 g/mol. The van der Waals surface area contributed by atoms with Crippen molar-refractivity contribution in [3.8, 4) is 0 Å². The Labute approximate surface area is 120 Å². The van der Waals surface area contributed by atoms with E-state index in [1.165, 1.54) is 26.6 Å². The van der Waals surface area contributed by atoms with Gasteiger partial charge in [0.15, 0.2) is 0 Å². The number of thiophene rings is 1. The van der Waals surface area contributed by atoms with E-state index in [0.29, 0.717) is 0 Å². The summed E-state index contributed by atoms with van der Waals surface area (Å²) in [4.78, 5) is 2.89. The van der Waals surface area contributed by atoms with Gasteiger partial charge in [-0.2, -0.15) is 0 Å². The Morgan fingerprint density at radius 1 is 0.842 bits per heavy atom. The van der Waals surface area contributed by atoms with Gasteiger partial charge in [0.05, 0.1) is 0 Å². The molecule has 2 heteroatoms. The second-order valence-electron chi connectivity index (χ2n) is 4.73. The lowest BCUT2D eigenvalue weighted by atomic mass is 10.0. The Bertz CT molecular complexity index is 506. The van der Waals surface area contributed by atoms with Gasteiger partial charge in [-0.15, -0.1) is 11.3 Å². The first-order valence-electron chi connectivity index (χ1n) is 7.20. The van der Waals surface area contributed by atoms with E-state index in [-0.39, 0.29) is 0 Å². The standard InChI is InChI=1S/C17H23NS/c1-4-13-8-7-9-14(5-2)17(13)18-12-16-11-10-15(6-3)19-16/h7-11,18H,4-6,12H2,1-3H3. The Morgan fingerprint density at radius 2 is 1.47 bits per heavy atom. The third-order valence-corrected chi connectivity index (χ3v) is 4.73. The number of benzene rings is 1. The zero-order valence-electron chi connectivity index (χ0n) is 12.1. The van der Waals surface area contributed by atoms with E-state index in [4.69, 9.17) is 0 Å². The van der Waals surface area contributed by atoms with Gasteiger partial charge in [0.1, 0.15) is 0 Å². The molecule has 0 atom stereocenters. The molecule has 0 amide bonds. The van der Waals surface area contributed by atoms with Crippen molar-refractivity contribution in [3.63, 3.8) is 0 Å². The fourth-order valence-electron chi connectivity index (χ4n) is 2.35. The fraction of sp³-hybridized carbons (Fsp3) is 0.412. The number of hydrogen-bond donors (Lipinski definition) is 1. The lowest BCUT2D eigenvalue weighted by Gasteiger charge is -2.14. The van der Waals surface area contributed by atoms with Gasteiger partial charge in [-0.1, -0.05) is 39.0 Å². The van der Waals surface area contributed by atoms with E-state index < -0.39 is 0 Å². The van der Waals surface area contributed by atoms with Crippen LogP contribution in [0.2, 0.25) is 0 Å². The minimum absolute atomic E-state index is 0.939. The zero-order valence-corrected chi connectivity index (χ0v) is 12.9. The molecule has 1 aromatic carbocycles. The van der Waals surface area contributed by atoms with E-state index in [0.717, 1.165) is 25.8 Å². The first kappa shape index (κ1) is 14.1. The van der Waals surface area contributed by atoms with Crippen LogP contribution in [0.25, 0.3) is 0 Å². The summed E-state index contributed by atoms with van der Waals surface area (Å²) in [6.07, 6.45) is 3.30. The predicted octanol–water partition coefficient (Wildman–Crippen LogP) is 5.05. The molecule has 0 radical (unpaired) electrons. The highest BCUT2D eigenvalue weighted by Gasteiger charge is 2.06. The molecule has 0 unspecified atom stereocenters. The molecule has 1 N–H and O–H groups in total. The van der Waals surface area contributed by atoms with Crippen molar-refractivity contribution in [1.29, 1.82) is 0 Å². The van der Waals surface area contributed by atoms with Crippen LogP contribution in [0.15, 0.2) is 30.3 Å². The van der Waals surface area contributed by atoms with Crippen LogP contribution in [-0.4, -0.2) is 0 Å². The molecule has 0 saturated heterocycles. The van der Waals surface area contributed by atoms with E-state index in [1.54, 1.807) is 0 Å². The topological polar surface area (TPSA) is 12.0 Å². The van der Waals surface area contributed by atoms with Gasteiger partial charge in [0.2, 0.25) is 0 Å². The maximum absolute atomic E-state index is 3.65. The van der Waals surface area contributed by atoms with Crippen LogP contribution >= 0.6 is 11.3 Å². The second-order valence-corrected chi connectivity index (χ2v) is 5.99. The van der Waals surface area contributed by atoms with Gasteiger partial charge in [-0.3, -0.25) is 0 Å². The van der Waals surface area contributed by atoms with Gasteiger partial charge < -0.3 is 5.32 Å². The molecule has 0 aliphatic carbocycles. The molecule has 102 valence electrons. The van der Waals surface area contributed by atoms with Gasteiger partial charge in [-0.05, 0) is 42.5 Å². The van der Waals surface area contributed by atoms with Crippen LogP contribution in [0, 0.1) is 0 Å². The van der Waals surface area contributed by atoms with Crippen LogP contribution in [0.4, 0.5) is 5.69 Å². The highest BCUT2D eigenvalue weighted by atomic mass is 32.1.